The Morgan fingerprint density at radius 3 is 2.76 bits per heavy atom. The highest BCUT2D eigenvalue weighted by Gasteiger charge is 2.14. The van der Waals surface area contributed by atoms with Crippen molar-refractivity contribution in [3.05, 3.63) is 77.6 Å². The Bertz CT molecular complexity index is 832. The SMILES string of the molecule is C[C@H](Cc1ccccn1)NC(=O)c1cn(Cc2ccc(F)cc2)nn1. The van der Waals surface area contributed by atoms with E-state index in [-0.39, 0.29) is 23.5 Å². The molecular weight excluding hydrogens is 321 g/mol. The van der Waals surface area contributed by atoms with E-state index >= 15 is 0 Å². The number of rotatable bonds is 6. The van der Waals surface area contributed by atoms with Crippen LogP contribution in [0.3, 0.4) is 0 Å². The van der Waals surface area contributed by atoms with Crippen LogP contribution in [0.2, 0.25) is 0 Å². The van der Waals surface area contributed by atoms with Crippen LogP contribution in [0.4, 0.5) is 4.39 Å². The Morgan fingerprint density at radius 2 is 2.04 bits per heavy atom. The van der Waals surface area contributed by atoms with Crippen LogP contribution in [0.1, 0.15) is 28.7 Å². The maximum Gasteiger partial charge on any atom is 0.273 e. The van der Waals surface area contributed by atoms with Gasteiger partial charge in [-0.25, -0.2) is 9.07 Å². The summed E-state index contributed by atoms with van der Waals surface area (Å²) in [5.41, 5.74) is 2.03. The minimum Gasteiger partial charge on any atom is -0.348 e. The van der Waals surface area contributed by atoms with Crippen molar-refractivity contribution < 1.29 is 9.18 Å². The number of benzene rings is 1. The summed E-state index contributed by atoms with van der Waals surface area (Å²) in [5, 5.41) is 10.7. The van der Waals surface area contributed by atoms with Crippen LogP contribution in [0.5, 0.6) is 0 Å². The molecule has 0 aliphatic heterocycles. The van der Waals surface area contributed by atoms with Crippen molar-refractivity contribution in [3.63, 3.8) is 0 Å². The predicted molar refractivity (Wildman–Crippen MR) is 90.4 cm³/mol. The van der Waals surface area contributed by atoms with Gasteiger partial charge in [0, 0.05) is 24.4 Å². The molecule has 1 atom stereocenters. The zero-order valence-corrected chi connectivity index (χ0v) is 13.8. The summed E-state index contributed by atoms with van der Waals surface area (Å²) in [6.45, 7) is 2.33. The molecular formula is C18H18FN5O. The number of hydrogen-bond donors (Lipinski definition) is 1. The van der Waals surface area contributed by atoms with E-state index in [1.165, 1.54) is 12.1 Å². The van der Waals surface area contributed by atoms with Gasteiger partial charge in [-0.2, -0.15) is 0 Å². The molecule has 1 amide bonds. The molecule has 0 radical (unpaired) electrons. The summed E-state index contributed by atoms with van der Waals surface area (Å²) >= 11 is 0. The molecule has 2 aromatic heterocycles. The van der Waals surface area contributed by atoms with Crippen LogP contribution in [0.25, 0.3) is 0 Å². The molecule has 3 rings (SSSR count). The third kappa shape index (κ3) is 4.69. The van der Waals surface area contributed by atoms with E-state index in [0.29, 0.717) is 13.0 Å². The number of halogens is 1. The molecule has 0 aliphatic carbocycles. The molecule has 0 spiro atoms. The van der Waals surface area contributed by atoms with Crippen LogP contribution in [-0.2, 0) is 13.0 Å². The summed E-state index contributed by atoms with van der Waals surface area (Å²) in [5.74, 6) is -0.571. The van der Waals surface area contributed by atoms with Gasteiger partial charge >= 0.3 is 0 Å². The first kappa shape index (κ1) is 16.8. The third-order valence-corrected chi connectivity index (χ3v) is 3.65. The topological polar surface area (TPSA) is 72.7 Å². The molecule has 6 nitrogen and oxygen atoms in total. The summed E-state index contributed by atoms with van der Waals surface area (Å²) in [6.07, 6.45) is 3.94. The molecule has 0 aliphatic rings. The van der Waals surface area contributed by atoms with Gasteiger partial charge in [0.05, 0.1) is 12.7 Å². The quantitative estimate of drug-likeness (QED) is 0.747. The fourth-order valence-corrected chi connectivity index (χ4v) is 2.44. The average molecular weight is 339 g/mol. The number of pyridine rings is 1. The maximum atomic E-state index is 12.9. The van der Waals surface area contributed by atoms with E-state index in [1.807, 2.05) is 25.1 Å². The monoisotopic (exact) mass is 339 g/mol. The van der Waals surface area contributed by atoms with E-state index in [1.54, 1.807) is 29.2 Å². The van der Waals surface area contributed by atoms with Gasteiger partial charge in [-0.1, -0.05) is 23.4 Å². The van der Waals surface area contributed by atoms with Crippen molar-refractivity contribution in [2.24, 2.45) is 0 Å². The van der Waals surface area contributed by atoms with Crippen LogP contribution in [0.15, 0.2) is 54.9 Å². The maximum absolute atomic E-state index is 12.9. The van der Waals surface area contributed by atoms with Crippen LogP contribution >= 0.6 is 0 Å². The fraction of sp³-hybridized carbons (Fsp3) is 0.222. The third-order valence-electron chi connectivity index (χ3n) is 3.65. The van der Waals surface area contributed by atoms with Crippen LogP contribution < -0.4 is 5.32 Å². The first-order valence-corrected chi connectivity index (χ1v) is 7.95. The molecule has 7 heteroatoms. The minimum absolute atomic E-state index is 0.0790. The van der Waals surface area contributed by atoms with Gasteiger partial charge in [0.2, 0.25) is 0 Å². The van der Waals surface area contributed by atoms with Gasteiger partial charge in [-0.15, -0.1) is 5.10 Å². The fourth-order valence-electron chi connectivity index (χ4n) is 2.44. The lowest BCUT2D eigenvalue weighted by molar-refractivity contribution is 0.0935. The Kier molecular flexibility index (Phi) is 5.13. The normalized spacial score (nSPS) is 11.9. The van der Waals surface area contributed by atoms with Crippen molar-refractivity contribution in [1.82, 2.24) is 25.3 Å². The smallest absolute Gasteiger partial charge is 0.273 e. The Balaban J connectivity index is 1.57. The molecule has 25 heavy (non-hydrogen) atoms. The lowest BCUT2D eigenvalue weighted by Crippen LogP contribution is -2.34. The Morgan fingerprint density at radius 1 is 1.24 bits per heavy atom. The summed E-state index contributed by atoms with van der Waals surface area (Å²) < 4.78 is 14.5. The zero-order valence-electron chi connectivity index (χ0n) is 13.8. The van der Waals surface area contributed by atoms with Gasteiger partial charge in [0.1, 0.15) is 5.82 Å². The van der Waals surface area contributed by atoms with E-state index in [2.05, 4.69) is 20.6 Å². The summed E-state index contributed by atoms with van der Waals surface area (Å²) in [7, 11) is 0. The number of carbonyl (C=O) groups excluding carboxylic acids is 1. The number of carbonyl (C=O) groups is 1. The predicted octanol–water partition coefficient (Wildman–Crippen LogP) is 2.22. The second-order valence-electron chi connectivity index (χ2n) is 5.83. The highest BCUT2D eigenvalue weighted by molar-refractivity contribution is 5.92. The minimum atomic E-state index is -0.288. The first-order valence-electron chi connectivity index (χ1n) is 7.95. The lowest BCUT2D eigenvalue weighted by Gasteiger charge is -2.12. The number of amides is 1. The molecule has 0 saturated heterocycles. The zero-order chi connectivity index (χ0) is 17.6. The van der Waals surface area contributed by atoms with Gasteiger partial charge < -0.3 is 5.32 Å². The van der Waals surface area contributed by atoms with Crippen LogP contribution in [-0.4, -0.2) is 31.9 Å². The molecule has 1 aromatic carbocycles. The molecule has 2 heterocycles. The van der Waals surface area contributed by atoms with Gasteiger partial charge in [0.15, 0.2) is 5.69 Å². The van der Waals surface area contributed by atoms with Crippen molar-refractivity contribution >= 4 is 5.91 Å². The Labute approximate surface area is 144 Å². The van der Waals surface area contributed by atoms with Gasteiger partial charge in [0.25, 0.3) is 5.91 Å². The van der Waals surface area contributed by atoms with Gasteiger partial charge in [-0.05, 0) is 36.8 Å². The largest absolute Gasteiger partial charge is 0.348 e. The lowest BCUT2D eigenvalue weighted by atomic mass is 10.1. The number of nitrogens with one attached hydrogen (secondary N) is 1. The van der Waals surface area contributed by atoms with Gasteiger partial charge in [-0.3, -0.25) is 9.78 Å². The molecule has 0 fully saturated rings. The molecule has 128 valence electrons. The second kappa shape index (κ2) is 7.65. The average Bonchev–Trinajstić information content (AvgIpc) is 3.06. The summed E-state index contributed by atoms with van der Waals surface area (Å²) in [6, 6.07) is 11.7. The standard InChI is InChI=1S/C18H18FN5O/c1-13(10-16-4-2-3-9-20-16)21-18(25)17-12-24(23-22-17)11-14-5-7-15(19)8-6-14/h2-9,12-13H,10-11H2,1H3,(H,21,25)/t13-/m1/s1. The highest BCUT2D eigenvalue weighted by Crippen LogP contribution is 2.06. The molecule has 1 N–H and O–H groups in total. The number of hydrogen-bond acceptors (Lipinski definition) is 4. The van der Waals surface area contributed by atoms with Crippen LogP contribution in [0, 0.1) is 5.82 Å². The van der Waals surface area contributed by atoms with Crippen molar-refractivity contribution in [2.45, 2.75) is 25.9 Å². The number of nitrogens with zero attached hydrogens (tertiary/aromatic N) is 4. The second-order valence-corrected chi connectivity index (χ2v) is 5.83. The van der Waals surface area contributed by atoms with Crippen molar-refractivity contribution in [1.29, 1.82) is 0 Å². The van der Waals surface area contributed by atoms with E-state index in [4.69, 9.17) is 0 Å². The van der Waals surface area contributed by atoms with E-state index in [9.17, 15) is 9.18 Å². The molecule has 0 saturated carbocycles. The van der Waals surface area contributed by atoms with Crippen molar-refractivity contribution in [3.8, 4) is 0 Å². The highest BCUT2D eigenvalue weighted by atomic mass is 19.1. The Hall–Kier alpha value is -3.09. The molecule has 0 bridgehead atoms. The number of aromatic nitrogens is 4. The summed E-state index contributed by atoms with van der Waals surface area (Å²) in [4.78, 5) is 16.5. The first-order chi connectivity index (χ1) is 12.1. The molecule has 0 unspecified atom stereocenters. The molecule has 3 aromatic rings. The van der Waals surface area contributed by atoms with E-state index < -0.39 is 0 Å². The van der Waals surface area contributed by atoms with Crippen molar-refractivity contribution in [2.75, 3.05) is 0 Å². The van der Waals surface area contributed by atoms with E-state index in [0.717, 1.165) is 11.3 Å².